The van der Waals surface area contributed by atoms with Gasteiger partial charge in [0.25, 0.3) is 23.9 Å². The molecule has 0 radical (unpaired) electrons. The fraction of sp³-hybridized carbons (Fsp3) is 0.500. The van der Waals surface area contributed by atoms with Crippen LogP contribution in [-0.4, -0.2) is 73.9 Å². The Kier molecular flexibility index (Phi) is 59.3. The molecule has 18 heavy (non-hydrogen) atoms. The van der Waals surface area contributed by atoms with Crippen molar-refractivity contribution in [1.29, 1.82) is 0 Å². The third-order valence-electron chi connectivity index (χ3n) is 0. The molecule has 0 aromatic heterocycles. The van der Waals surface area contributed by atoms with E-state index < -0.39 is 23.9 Å². The second kappa shape index (κ2) is 29.7. The molecule has 10 heteroatoms. The Labute approximate surface area is 127 Å². The van der Waals surface area contributed by atoms with Gasteiger partial charge in [0.2, 0.25) is 0 Å². The summed E-state index contributed by atoms with van der Waals surface area (Å²) < 4.78 is 0. The van der Waals surface area contributed by atoms with Crippen LogP contribution in [0.15, 0.2) is 0 Å². The van der Waals surface area contributed by atoms with E-state index in [1.165, 1.54) is 0 Å². The average Bonchev–Trinajstić information content (AvgIpc) is 1.76. The number of aliphatic carboxylic acids is 4. The third kappa shape index (κ3) is 2110. The van der Waals surface area contributed by atoms with Gasteiger partial charge in [-0.1, -0.05) is 0 Å². The topological polar surface area (TPSA) is 184 Å². The molecule has 0 aliphatic rings. The average molecular weight is 281 g/mol. The van der Waals surface area contributed by atoms with Crippen LogP contribution < -0.4 is 6.15 Å². The van der Waals surface area contributed by atoms with Crippen molar-refractivity contribution in [2.75, 3.05) is 0 Å². The van der Waals surface area contributed by atoms with Crippen LogP contribution in [0.4, 0.5) is 0 Å². The van der Waals surface area contributed by atoms with Crippen LogP contribution in [0.25, 0.3) is 0 Å². The quantitative estimate of drug-likeness (QED) is 0.377. The zero-order chi connectivity index (χ0) is 14.3. The first-order chi connectivity index (χ1) is 6.93. The SMILES string of the molecule is CC(=O)O.CC(=O)O.CC(=O)O.CC(=O)O.N.[NaH]. The third-order valence-corrected chi connectivity index (χ3v) is 0. The Morgan fingerprint density at radius 3 is 0.556 bits per heavy atom. The molecule has 9 nitrogen and oxygen atoms in total. The van der Waals surface area contributed by atoms with Gasteiger partial charge < -0.3 is 26.6 Å². The molecule has 7 N–H and O–H groups in total. The van der Waals surface area contributed by atoms with Gasteiger partial charge in [0.15, 0.2) is 0 Å². The van der Waals surface area contributed by atoms with Crippen LogP contribution in [0, 0.1) is 0 Å². The molecule has 0 spiro atoms. The molecule has 0 fully saturated rings. The molecule has 0 unspecified atom stereocenters. The number of carboxylic acid groups (broad SMARTS) is 4. The molecule has 0 aliphatic heterocycles. The van der Waals surface area contributed by atoms with Crippen LogP contribution in [0.3, 0.4) is 0 Å². The number of carbonyl (C=O) groups is 4. The molecule has 0 aromatic rings. The summed E-state index contributed by atoms with van der Waals surface area (Å²) in [5.41, 5.74) is 0. The van der Waals surface area contributed by atoms with Crippen LogP contribution in [0.1, 0.15) is 27.7 Å². The second-order valence-corrected chi connectivity index (χ2v) is 2.08. The Morgan fingerprint density at radius 1 is 0.556 bits per heavy atom. The molecule has 0 atom stereocenters. The zero-order valence-electron chi connectivity index (χ0n) is 10.1. The molecule has 0 heterocycles. The van der Waals surface area contributed by atoms with Gasteiger partial charge in [-0.15, -0.1) is 0 Å². The molecule has 0 amide bonds. The molecule has 0 rings (SSSR count). The zero-order valence-corrected chi connectivity index (χ0v) is 10.1. The summed E-state index contributed by atoms with van der Waals surface area (Å²) in [6.07, 6.45) is 0. The van der Waals surface area contributed by atoms with Gasteiger partial charge in [-0.05, 0) is 0 Å². The van der Waals surface area contributed by atoms with E-state index in [4.69, 9.17) is 39.6 Å². The van der Waals surface area contributed by atoms with Gasteiger partial charge in [0.05, 0.1) is 0 Å². The summed E-state index contributed by atoms with van der Waals surface area (Å²) in [4.78, 5) is 36.0. The number of hydrogen-bond donors (Lipinski definition) is 5. The van der Waals surface area contributed by atoms with Gasteiger partial charge in [0, 0.05) is 27.7 Å². The van der Waals surface area contributed by atoms with Gasteiger partial charge in [0.1, 0.15) is 0 Å². The molecule has 0 aliphatic carbocycles. The van der Waals surface area contributed by atoms with E-state index in [0.717, 1.165) is 27.7 Å². The van der Waals surface area contributed by atoms with E-state index in [9.17, 15) is 0 Å². The minimum atomic E-state index is -0.833. The van der Waals surface area contributed by atoms with Crippen molar-refractivity contribution < 1.29 is 39.6 Å². The summed E-state index contributed by atoms with van der Waals surface area (Å²) in [5.74, 6) is -3.33. The second-order valence-electron chi connectivity index (χ2n) is 2.08. The van der Waals surface area contributed by atoms with Crippen LogP contribution in [0.5, 0.6) is 0 Å². The standard InChI is InChI=1S/4C2H4O2.H3N.Na.H/c4*1-2(3)4;;;/h4*1H3,(H,3,4);1H3;;. The Bertz CT molecular complexity index is 167. The Balaban J connectivity index is -0.0000000257. The molecule has 0 saturated heterocycles. The minimum absolute atomic E-state index is 0. The van der Waals surface area contributed by atoms with Crippen molar-refractivity contribution in [2.24, 2.45) is 0 Å². The first-order valence-electron chi connectivity index (χ1n) is 3.71. The van der Waals surface area contributed by atoms with Crippen LogP contribution in [-0.2, 0) is 19.2 Å². The van der Waals surface area contributed by atoms with Gasteiger partial charge >= 0.3 is 29.6 Å². The first kappa shape index (κ1) is 36.0. The van der Waals surface area contributed by atoms with E-state index in [1.807, 2.05) is 0 Å². The summed E-state index contributed by atoms with van der Waals surface area (Å²) in [7, 11) is 0. The van der Waals surface area contributed by atoms with Crippen molar-refractivity contribution in [3.63, 3.8) is 0 Å². The number of hydrogen-bond acceptors (Lipinski definition) is 5. The van der Waals surface area contributed by atoms with Crippen molar-refractivity contribution in [3.8, 4) is 0 Å². The van der Waals surface area contributed by atoms with E-state index in [-0.39, 0.29) is 35.7 Å². The van der Waals surface area contributed by atoms with Gasteiger partial charge in [-0.25, -0.2) is 0 Å². The predicted molar refractivity (Wildman–Crippen MR) is 65.4 cm³/mol. The maximum absolute atomic E-state index is 9.00. The summed E-state index contributed by atoms with van der Waals surface area (Å²) in [6, 6.07) is 0. The Hall–Kier alpha value is -1.16. The molecule has 0 bridgehead atoms. The maximum atomic E-state index is 9.00. The number of rotatable bonds is 0. The van der Waals surface area contributed by atoms with Crippen molar-refractivity contribution >= 4 is 53.4 Å². The number of carboxylic acids is 4. The van der Waals surface area contributed by atoms with Crippen molar-refractivity contribution in [2.45, 2.75) is 27.7 Å². The van der Waals surface area contributed by atoms with Crippen molar-refractivity contribution in [3.05, 3.63) is 0 Å². The molecule has 0 aromatic carbocycles. The molecular formula is C8H20NNaO8. The van der Waals surface area contributed by atoms with E-state index >= 15 is 0 Å². The molecular weight excluding hydrogens is 261 g/mol. The van der Waals surface area contributed by atoms with E-state index in [0.29, 0.717) is 0 Å². The molecule has 106 valence electrons. The fourth-order valence-corrected chi connectivity index (χ4v) is 0. The van der Waals surface area contributed by atoms with E-state index in [1.54, 1.807) is 0 Å². The predicted octanol–water partition coefficient (Wildman–Crippen LogP) is -0.123. The van der Waals surface area contributed by atoms with Crippen molar-refractivity contribution in [1.82, 2.24) is 6.15 Å². The van der Waals surface area contributed by atoms with Gasteiger partial charge in [-0.3, -0.25) is 19.2 Å². The van der Waals surface area contributed by atoms with E-state index in [2.05, 4.69) is 0 Å². The monoisotopic (exact) mass is 281 g/mol. The summed E-state index contributed by atoms with van der Waals surface area (Å²) in [6.45, 7) is 4.33. The summed E-state index contributed by atoms with van der Waals surface area (Å²) in [5, 5.41) is 29.7. The first-order valence-corrected chi connectivity index (χ1v) is 3.71. The summed E-state index contributed by atoms with van der Waals surface area (Å²) >= 11 is 0. The van der Waals surface area contributed by atoms with Gasteiger partial charge in [-0.2, -0.15) is 0 Å². The van der Waals surface area contributed by atoms with Crippen LogP contribution in [0.2, 0.25) is 0 Å². The normalized spacial score (nSPS) is 5.56. The molecule has 0 saturated carbocycles. The fourth-order valence-electron chi connectivity index (χ4n) is 0. The van der Waals surface area contributed by atoms with Crippen LogP contribution >= 0.6 is 0 Å². The Morgan fingerprint density at radius 2 is 0.556 bits per heavy atom.